The van der Waals surface area contributed by atoms with Gasteiger partial charge in [-0.25, -0.2) is 23.4 Å². The van der Waals surface area contributed by atoms with E-state index in [-0.39, 0.29) is 6.54 Å². The highest BCUT2D eigenvalue weighted by Gasteiger charge is 2.16. The number of aromatic nitrogens is 4. The number of benzene rings is 1. The number of aryl methyl sites for hydroxylation is 1. The van der Waals surface area contributed by atoms with Crippen LogP contribution >= 0.6 is 0 Å². The number of anilines is 1. The van der Waals surface area contributed by atoms with E-state index in [0.717, 1.165) is 12.1 Å². The zero-order chi connectivity index (χ0) is 18.5. The molecule has 0 atom stereocenters. The topological polar surface area (TPSA) is 84.7 Å². The van der Waals surface area contributed by atoms with E-state index in [0.29, 0.717) is 24.0 Å². The molecule has 2 aromatic heterocycles. The zero-order valence-corrected chi connectivity index (χ0v) is 13.9. The fourth-order valence-corrected chi connectivity index (χ4v) is 2.33. The molecule has 9 heteroatoms. The van der Waals surface area contributed by atoms with E-state index in [1.54, 1.807) is 36.1 Å². The highest BCUT2D eigenvalue weighted by atomic mass is 19.1. The van der Waals surface area contributed by atoms with Crippen LogP contribution in [0.1, 0.15) is 16.2 Å². The second-order valence-electron chi connectivity index (χ2n) is 5.39. The minimum Gasteiger partial charge on any atom is -0.368 e. The Morgan fingerprint density at radius 1 is 1.15 bits per heavy atom. The standard InChI is InChI=1S/C17H16F2N6O/c1-11-23-14(10-15(24-11)25-9-3-6-22-25)20-7-8-21-17(26)16-12(18)4-2-5-13(16)19/h2-6,9-10H,7-8H2,1H3,(H,21,26)(H,20,23,24). The van der Waals surface area contributed by atoms with Gasteiger partial charge < -0.3 is 10.6 Å². The molecule has 0 aliphatic carbocycles. The molecule has 0 radical (unpaired) electrons. The van der Waals surface area contributed by atoms with Crippen LogP contribution in [0.4, 0.5) is 14.6 Å². The highest BCUT2D eigenvalue weighted by Crippen LogP contribution is 2.12. The molecule has 0 saturated carbocycles. The Bertz CT molecular complexity index is 893. The van der Waals surface area contributed by atoms with Crippen LogP contribution in [0, 0.1) is 18.6 Å². The lowest BCUT2D eigenvalue weighted by Crippen LogP contribution is -2.30. The van der Waals surface area contributed by atoms with Crippen molar-refractivity contribution in [1.82, 2.24) is 25.1 Å². The fraction of sp³-hybridized carbons (Fsp3) is 0.176. The van der Waals surface area contributed by atoms with Gasteiger partial charge >= 0.3 is 0 Å². The van der Waals surface area contributed by atoms with Gasteiger partial charge in [0.25, 0.3) is 5.91 Å². The van der Waals surface area contributed by atoms with E-state index < -0.39 is 23.1 Å². The van der Waals surface area contributed by atoms with Gasteiger partial charge in [0.05, 0.1) is 0 Å². The fourth-order valence-electron chi connectivity index (χ4n) is 2.33. The monoisotopic (exact) mass is 358 g/mol. The third-order valence-electron chi connectivity index (χ3n) is 3.47. The van der Waals surface area contributed by atoms with Crippen LogP contribution in [0.15, 0.2) is 42.7 Å². The lowest BCUT2D eigenvalue weighted by atomic mass is 10.2. The number of hydrogen-bond donors (Lipinski definition) is 2. The van der Waals surface area contributed by atoms with Crippen LogP contribution in [0.25, 0.3) is 5.82 Å². The maximum absolute atomic E-state index is 13.6. The van der Waals surface area contributed by atoms with E-state index in [1.165, 1.54) is 6.07 Å². The van der Waals surface area contributed by atoms with Gasteiger partial charge in [0.15, 0.2) is 5.82 Å². The quantitative estimate of drug-likeness (QED) is 0.659. The van der Waals surface area contributed by atoms with E-state index in [2.05, 4.69) is 25.7 Å². The van der Waals surface area contributed by atoms with Crippen molar-refractivity contribution in [3.05, 3.63) is 65.7 Å². The maximum Gasteiger partial charge on any atom is 0.257 e. The molecule has 0 aliphatic rings. The first kappa shape index (κ1) is 17.5. The Labute approximate surface area is 148 Å². The van der Waals surface area contributed by atoms with Gasteiger partial charge in [-0.1, -0.05) is 6.07 Å². The Morgan fingerprint density at radius 3 is 2.62 bits per heavy atom. The van der Waals surface area contributed by atoms with Gasteiger partial charge in [-0.05, 0) is 25.1 Å². The average Bonchev–Trinajstić information content (AvgIpc) is 3.13. The number of amides is 1. The molecular formula is C17H16F2N6O. The van der Waals surface area contributed by atoms with Gasteiger partial charge in [0, 0.05) is 31.5 Å². The summed E-state index contributed by atoms with van der Waals surface area (Å²) in [5.41, 5.74) is -0.591. The number of carbonyl (C=O) groups is 1. The Morgan fingerprint density at radius 2 is 1.92 bits per heavy atom. The van der Waals surface area contributed by atoms with Crippen molar-refractivity contribution in [2.75, 3.05) is 18.4 Å². The lowest BCUT2D eigenvalue weighted by Gasteiger charge is -2.10. The summed E-state index contributed by atoms with van der Waals surface area (Å²) in [7, 11) is 0. The minimum atomic E-state index is -0.897. The Kier molecular flexibility index (Phi) is 5.16. The van der Waals surface area contributed by atoms with Gasteiger partial charge in [0.2, 0.25) is 0 Å². The molecular weight excluding hydrogens is 342 g/mol. The summed E-state index contributed by atoms with van der Waals surface area (Å²) in [4.78, 5) is 20.4. The molecule has 1 aromatic carbocycles. The van der Waals surface area contributed by atoms with Crippen LogP contribution in [-0.2, 0) is 0 Å². The van der Waals surface area contributed by atoms with Gasteiger partial charge in [-0.2, -0.15) is 5.10 Å². The van der Waals surface area contributed by atoms with Gasteiger partial charge in [-0.3, -0.25) is 4.79 Å². The van der Waals surface area contributed by atoms with E-state index in [1.807, 2.05) is 0 Å². The minimum absolute atomic E-state index is 0.159. The summed E-state index contributed by atoms with van der Waals surface area (Å²) in [5.74, 6) is -0.898. The molecule has 2 N–H and O–H groups in total. The summed E-state index contributed by atoms with van der Waals surface area (Å²) in [6.07, 6.45) is 3.40. The molecule has 3 aromatic rings. The number of hydrogen-bond acceptors (Lipinski definition) is 5. The van der Waals surface area contributed by atoms with Crippen molar-refractivity contribution >= 4 is 11.7 Å². The summed E-state index contributed by atoms with van der Waals surface area (Å²) in [5, 5.41) is 9.60. The zero-order valence-electron chi connectivity index (χ0n) is 13.9. The van der Waals surface area contributed by atoms with Crippen LogP contribution < -0.4 is 10.6 Å². The maximum atomic E-state index is 13.6. The van der Waals surface area contributed by atoms with Crippen molar-refractivity contribution < 1.29 is 13.6 Å². The van der Waals surface area contributed by atoms with Crippen molar-refractivity contribution in [3.8, 4) is 5.82 Å². The molecule has 0 unspecified atom stereocenters. The molecule has 1 amide bonds. The largest absolute Gasteiger partial charge is 0.368 e. The molecule has 26 heavy (non-hydrogen) atoms. The smallest absolute Gasteiger partial charge is 0.257 e. The first-order chi connectivity index (χ1) is 12.5. The average molecular weight is 358 g/mol. The third-order valence-corrected chi connectivity index (χ3v) is 3.47. The van der Waals surface area contributed by atoms with Crippen molar-refractivity contribution in [2.24, 2.45) is 0 Å². The van der Waals surface area contributed by atoms with Crippen molar-refractivity contribution in [2.45, 2.75) is 6.92 Å². The van der Waals surface area contributed by atoms with Crippen LogP contribution in [-0.4, -0.2) is 38.7 Å². The number of nitrogens with zero attached hydrogens (tertiary/aromatic N) is 4. The third kappa shape index (κ3) is 4.00. The van der Waals surface area contributed by atoms with Crippen LogP contribution in [0.5, 0.6) is 0 Å². The van der Waals surface area contributed by atoms with Gasteiger partial charge in [0.1, 0.15) is 28.8 Å². The van der Waals surface area contributed by atoms with Crippen molar-refractivity contribution in [3.63, 3.8) is 0 Å². The number of nitrogens with one attached hydrogen (secondary N) is 2. The number of halogens is 2. The van der Waals surface area contributed by atoms with Gasteiger partial charge in [-0.15, -0.1) is 0 Å². The number of rotatable bonds is 6. The van der Waals surface area contributed by atoms with Crippen molar-refractivity contribution in [1.29, 1.82) is 0 Å². The molecule has 0 saturated heterocycles. The Hall–Kier alpha value is -3.36. The van der Waals surface area contributed by atoms with E-state index in [9.17, 15) is 13.6 Å². The molecule has 0 bridgehead atoms. The van der Waals surface area contributed by atoms with E-state index in [4.69, 9.17) is 0 Å². The first-order valence-corrected chi connectivity index (χ1v) is 7.86. The molecule has 134 valence electrons. The second-order valence-corrected chi connectivity index (χ2v) is 5.39. The lowest BCUT2D eigenvalue weighted by molar-refractivity contribution is 0.0946. The molecule has 2 heterocycles. The molecule has 0 aliphatic heterocycles. The summed E-state index contributed by atoms with van der Waals surface area (Å²) in [6, 6.07) is 6.77. The highest BCUT2D eigenvalue weighted by molar-refractivity contribution is 5.94. The molecule has 3 rings (SSSR count). The Balaban J connectivity index is 1.58. The predicted molar refractivity (Wildman–Crippen MR) is 91.1 cm³/mol. The summed E-state index contributed by atoms with van der Waals surface area (Å²) < 4.78 is 28.7. The second kappa shape index (κ2) is 7.68. The summed E-state index contributed by atoms with van der Waals surface area (Å²) in [6.45, 7) is 2.23. The SMILES string of the molecule is Cc1nc(NCCNC(=O)c2c(F)cccc2F)cc(-n2cccn2)n1. The predicted octanol–water partition coefficient (Wildman–Crippen LogP) is 2.09. The summed E-state index contributed by atoms with van der Waals surface area (Å²) >= 11 is 0. The molecule has 0 spiro atoms. The first-order valence-electron chi connectivity index (χ1n) is 7.86. The normalized spacial score (nSPS) is 10.6. The van der Waals surface area contributed by atoms with E-state index >= 15 is 0 Å². The molecule has 0 fully saturated rings. The molecule has 7 nitrogen and oxygen atoms in total. The van der Waals surface area contributed by atoms with Crippen LogP contribution in [0.3, 0.4) is 0 Å². The number of carbonyl (C=O) groups excluding carboxylic acids is 1. The van der Waals surface area contributed by atoms with Crippen LogP contribution in [0.2, 0.25) is 0 Å².